The van der Waals surface area contributed by atoms with E-state index in [0.717, 1.165) is 53.6 Å². The maximum atomic E-state index is 13.5. The summed E-state index contributed by atoms with van der Waals surface area (Å²) < 4.78 is 0. The lowest BCUT2D eigenvalue weighted by molar-refractivity contribution is 0.103. The number of nitrogen functional groups attached to an aromatic ring is 1. The van der Waals surface area contributed by atoms with Crippen LogP contribution in [0.15, 0.2) is 67.0 Å². The number of nitrogens with zero attached hydrogens (tertiary/aromatic N) is 5. The third-order valence-corrected chi connectivity index (χ3v) is 7.34. The Morgan fingerprint density at radius 2 is 1.81 bits per heavy atom. The Bertz CT molecular complexity index is 1610. The molecule has 2 aromatic carbocycles. The minimum Gasteiger partial charge on any atom is -0.398 e. The zero-order valence-corrected chi connectivity index (χ0v) is 21.0. The van der Waals surface area contributed by atoms with Gasteiger partial charge in [0.15, 0.2) is 11.5 Å². The van der Waals surface area contributed by atoms with E-state index < -0.39 is 0 Å². The number of imidazole rings is 1. The molecule has 1 fully saturated rings. The van der Waals surface area contributed by atoms with Crippen molar-refractivity contribution in [3.05, 3.63) is 78.4 Å². The molecule has 186 valence electrons. The van der Waals surface area contributed by atoms with Crippen molar-refractivity contribution in [1.82, 2.24) is 24.8 Å². The molecule has 0 saturated carbocycles. The zero-order chi connectivity index (χ0) is 25.5. The number of nitrogens with one attached hydrogen (secondary N) is 1. The molecule has 8 nitrogen and oxygen atoms in total. The molecule has 1 aliphatic rings. The van der Waals surface area contributed by atoms with Gasteiger partial charge in [0.25, 0.3) is 0 Å². The molecule has 0 bridgehead atoms. The molecular formula is C29H29N7O. The van der Waals surface area contributed by atoms with E-state index in [9.17, 15) is 4.79 Å². The number of aromatic amines is 1. The summed E-state index contributed by atoms with van der Waals surface area (Å²) in [5, 5.41) is 2.05. The number of aromatic nitrogens is 4. The van der Waals surface area contributed by atoms with Crippen LogP contribution in [-0.4, -0.2) is 63.8 Å². The minimum absolute atomic E-state index is 0.208. The largest absolute Gasteiger partial charge is 0.398 e. The van der Waals surface area contributed by atoms with Gasteiger partial charge in [0.1, 0.15) is 11.3 Å². The summed E-state index contributed by atoms with van der Waals surface area (Å²) in [6.45, 7) is 1.91. The number of benzene rings is 2. The van der Waals surface area contributed by atoms with Crippen molar-refractivity contribution in [3.8, 4) is 11.1 Å². The van der Waals surface area contributed by atoms with Crippen LogP contribution >= 0.6 is 0 Å². The molecule has 6 rings (SSSR count). The summed E-state index contributed by atoms with van der Waals surface area (Å²) in [6, 6.07) is 17.8. The first-order chi connectivity index (χ1) is 18.0. The van der Waals surface area contributed by atoms with E-state index in [2.05, 4.69) is 38.8 Å². The lowest BCUT2D eigenvalue weighted by Crippen LogP contribution is -2.42. The summed E-state index contributed by atoms with van der Waals surface area (Å²) in [6.07, 6.45) is 5.82. The molecule has 5 aromatic rings. The predicted molar refractivity (Wildman–Crippen MR) is 148 cm³/mol. The Morgan fingerprint density at radius 3 is 2.62 bits per heavy atom. The van der Waals surface area contributed by atoms with E-state index in [0.29, 0.717) is 28.5 Å². The highest BCUT2D eigenvalue weighted by molar-refractivity contribution is 6.09. The number of fused-ring (bicyclic) bond motifs is 2. The highest BCUT2D eigenvalue weighted by Gasteiger charge is 2.22. The Morgan fingerprint density at radius 1 is 1.00 bits per heavy atom. The number of piperidine rings is 1. The molecule has 1 saturated heterocycles. The molecule has 0 atom stereocenters. The number of anilines is 2. The maximum absolute atomic E-state index is 13.5. The Balaban J connectivity index is 1.30. The Hall–Kier alpha value is -4.30. The smallest absolute Gasteiger partial charge is 0.228 e. The zero-order valence-electron chi connectivity index (χ0n) is 21.0. The normalized spacial score (nSPS) is 14.6. The first-order valence-electron chi connectivity index (χ1n) is 12.5. The average molecular weight is 492 g/mol. The van der Waals surface area contributed by atoms with E-state index in [1.54, 1.807) is 18.3 Å². The van der Waals surface area contributed by atoms with Gasteiger partial charge >= 0.3 is 0 Å². The highest BCUT2D eigenvalue weighted by Crippen LogP contribution is 2.33. The van der Waals surface area contributed by atoms with Gasteiger partial charge in [-0.05, 0) is 62.7 Å². The molecule has 0 radical (unpaired) electrons. The number of nitrogens with two attached hydrogens (primary N) is 1. The van der Waals surface area contributed by atoms with Crippen molar-refractivity contribution in [2.24, 2.45) is 0 Å². The van der Waals surface area contributed by atoms with Crippen LogP contribution < -0.4 is 10.6 Å². The van der Waals surface area contributed by atoms with Gasteiger partial charge in [-0.2, -0.15) is 0 Å². The second kappa shape index (κ2) is 9.29. The number of hydrogen-bond acceptors (Lipinski definition) is 7. The fourth-order valence-corrected chi connectivity index (χ4v) is 5.18. The van der Waals surface area contributed by atoms with Gasteiger partial charge in [0, 0.05) is 59.3 Å². The van der Waals surface area contributed by atoms with E-state index >= 15 is 0 Å². The molecule has 0 spiro atoms. The van der Waals surface area contributed by atoms with Crippen LogP contribution in [0.5, 0.6) is 0 Å². The topological polar surface area (TPSA) is 104 Å². The van der Waals surface area contributed by atoms with Crippen molar-refractivity contribution in [1.29, 1.82) is 0 Å². The van der Waals surface area contributed by atoms with E-state index in [1.807, 2.05) is 48.7 Å². The number of H-pyrrole nitrogens is 1. The second-order valence-electron chi connectivity index (χ2n) is 9.84. The first-order valence-corrected chi connectivity index (χ1v) is 12.5. The molecule has 0 aliphatic carbocycles. The molecule has 0 amide bonds. The molecule has 3 aromatic heterocycles. The minimum atomic E-state index is -0.208. The molecule has 37 heavy (non-hydrogen) atoms. The molecule has 1 aliphatic heterocycles. The first kappa shape index (κ1) is 23.1. The van der Waals surface area contributed by atoms with Gasteiger partial charge in [0.2, 0.25) is 5.78 Å². The van der Waals surface area contributed by atoms with Crippen molar-refractivity contribution >= 4 is 39.2 Å². The molecule has 8 heteroatoms. The van der Waals surface area contributed by atoms with Crippen molar-refractivity contribution in [2.45, 2.75) is 18.9 Å². The van der Waals surface area contributed by atoms with Gasteiger partial charge in [0.05, 0.1) is 0 Å². The number of rotatable bonds is 5. The van der Waals surface area contributed by atoms with Crippen molar-refractivity contribution in [2.75, 3.05) is 37.8 Å². The molecule has 3 N–H and O–H groups in total. The van der Waals surface area contributed by atoms with Gasteiger partial charge in [-0.1, -0.05) is 24.3 Å². The van der Waals surface area contributed by atoms with Gasteiger partial charge in [-0.3, -0.25) is 9.78 Å². The maximum Gasteiger partial charge on any atom is 0.228 e. The predicted octanol–water partition coefficient (Wildman–Crippen LogP) is 4.52. The lowest BCUT2D eigenvalue weighted by Gasteiger charge is -2.35. The molecule has 4 heterocycles. The summed E-state index contributed by atoms with van der Waals surface area (Å²) in [5.41, 5.74) is 10.4. The number of ketones is 1. The highest BCUT2D eigenvalue weighted by atomic mass is 16.1. The van der Waals surface area contributed by atoms with Crippen LogP contribution in [0.4, 0.5) is 11.5 Å². The van der Waals surface area contributed by atoms with Crippen LogP contribution in [0.25, 0.3) is 33.1 Å². The quantitative estimate of drug-likeness (QED) is 0.275. The molecule has 0 unspecified atom stereocenters. The van der Waals surface area contributed by atoms with Crippen LogP contribution in [0.2, 0.25) is 0 Å². The van der Waals surface area contributed by atoms with Crippen molar-refractivity contribution < 1.29 is 4.79 Å². The monoisotopic (exact) mass is 491 g/mol. The average Bonchev–Trinajstić information content (AvgIpc) is 3.36. The number of carbonyl (C=O) groups is 1. The Kier molecular flexibility index (Phi) is 5.81. The Labute approximate surface area is 215 Å². The van der Waals surface area contributed by atoms with Crippen LogP contribution in [0.3, 0.4) is 0 Å². The number of pyridine rings is 2. The fourth-order valence-electron chi connectivity index (χ4n) is 5.18. The van der Waals surface area contributed by atoms with E-state index in [4.69, 9.17) is 10.7 Å². The standard InChI is InChI=1S/C29H29N7O/c1-35(2)20-11-13-36(14-12-20)26-10-9-25-28(33-26)34-29(32-25)27(37)18-7-8-24(30)22(15-18)23-17-31-16-19-5-3-4-6-21(19)23/h3-10,15-17,20H,11-14,30H2,1-2H3,(H,32,33,34). The summed E-state index contributed by atoms with van der Waals surface area (Å²) in [5.74, 6) is 0.962. The fraction of sp³-hybridized carbons (Fsp3) is 0.241. The van der Waals surface area contributed by atoms with Gasteiger partial charge in [-0.25, -0.2) is 9.97 Å². The van der Waals surface area contributed by atoms with E-state index in [1.165, 1.54) is 0 Å². The number of carbonyl (C=O) groups excluding carboxylic acids is 1. The van der Waals surface area contributed by atoms with E-state index in [-0.39, 0.29) is 11.6 Å². The number of hydrogen-bond donors (Lipinski definition) is 2. The lowest BCUT2D eigenvalue weighted by atomic mass is 9.96. The third-order valence-electron chi connectivity index (χ3n) is 7.34. The van der Waals surface area contributed by atoms with Crippen LogP contribution in [0, 0.1) is 0 Å². The van der Waals surface area contributed by atoms with Crippen LogP contribution in [0.1, 0.15) is 29.0 Å². The summed E-state index contributed by atoms with van der Waals surface area (Å²) in [4.78, 5) is 34.9. The summed E-state index contributed by atoms with van der Waals surface area (Å²) >= 11 is 0. The summed E-state index contributed by atoms with van der Waals surface area (Å²) in [7, 11) is 4.27. The van der Waals surface area contributed by atoms with Gasteiger partial charge in [-0.15, -0.1) is 0 Å². The second-order valence-corrected chi connectivity index (χ2v) is 9.84. The van der Waals surface area contributed by atoms with Crippen LogP contribution in [-0.2, 0) is 0 Å². The van der Waals surface area contributed by atoms with Crippen molar-refractivity contribution in [3.63, 3.8) is 0 Å². The third kappa shape index (κ3) is 4.29. The molecular weight excluding hydrogens is 462 g/mol. The SMILES string of the molecule is CN(C)C1CCN(c2ccc3nc(C(=O)c4ccc(N)c(-c5cncc6ccccc56)c4)[nH]c3n2)CC1. The van der Waals surface area contributed by atoms with Gasteiger partial charge < -0.3 is 20.5 Å².